The summed E-state index contributed by atoms with van der Waals surface area (Å²) >= 11 is 0. The maximum absolute atomic E-state index is 11.3. The quantitative estimate of drug-likeness (QED) is 0.564. The molecule has 3 nitrogen and oxygen atoms in total. The highest BCUT2D eigenvalue weighted by molar-refractivity contribution is 5.88. The molecule has 0 radical (unpaired) electrons. The van der Waals surface area contributed by atoms with Crippen LogP contribution in [0.1, 0.15) is 0 Å². The molecular weight excluding hydrogens is 151 g/mol. The first-order valence-corrected chi connectivity index (χ1v) is 2.37. The Hall–Kier alpha value is -0.620. The summed E-state index contributed by atoms with van der Waals surface area (Å²) in [6.07, 6.45) is -4.94. The average molecular weight is 157 g/mol. The number of carbonyl (C=O) groups excluding carboxylic acids is 1. The van der Waals surface area contributed by atoms with E-state index in [9.17, 15) is 18.0 Å². The highest BCUT2D eigenvalue weighted by Crippen LogP contribution is 2.16. The number of ketones is 1. The summed E-state index contributed by atoms with van der Waals surface area (Å²) in [6.45, 7) is -0.988. The van der Waals surface area contributed by atoms with Crippen molar-refractivity contribution in [2.24, 2.45) is 5.73 Å². The van der Waals surface area contributed by atoms with Gasteiger partial charge in [-0.25, -0.2) is 0 Å². The lowest BCUT2D eigenvalue weighted by Gasteiger charge is -2.08. The third kappa shape index (κ3) is 2.32. The number of nitrogens with two attached hydrogens (primary N) is 1. The number of hydrogen-bond donors (Lipinski definition) is 2. The molecule has 0 spiro atoms. The highest BCUT2D eigenvalue weighted by atomic mass is 19.4. The minimum atomic E-state index is -4.94. The number of hydrogen-bond acceptors (Lipinski definition) is 3. The standard InChI is InChI=1S/C4H6F3NO2/c5-4(6,7)3(10)2(8)1-9/h2,9H,1,8H2. The minimum Gasteiger partial charge on any atom is -0.394 e. The number of rotatable bonds is 2. The van der Waals surface area contributed by atoms with Gasteiger partial charge in [0.25, 0.3) is 5.78 Å². The first-order chi connectivity index (χ1) is 4.39. The minimum absolute atomic E-state index is 0.988. The Bertz CT molecular complexity index is 133. The monoisotopic (exact) mass is 157 g/mol. The maximum atomic E-state index is 11.3. The summed E-state index contributed by atoms with van der Waals surface area (Å²) < 4.78 is 34.0. The van der Waals surface area contributed by atoms with Crippen LogP contribution >= 0.6 is 0 Å². The third-order valence-corrected chi connectivity index (χ3v) is 0.813. The molecule has 0 amide bonds. The molecule has 6 heteroatoms. The largest absolute Gasteiger partial charge is 0.451 e. The smallest absolute Gasteiger partial charge is 0.394 e. The van der Waals surface area contributed by atoms with Gasteiger partial charge in [0.1, 0.15) is 0 Å². The van der Waals surface area contributed by atoms with Gasteiger partial charge in [0.15, 0.2) is 0 Å². The molecule has 0 bridgehead atoms. The Morgan fingerprint density at radius 3 is 2.10 bits per heavy atom. The lowest BCUT2D eigenvalue weighted by Crippen LogP contribution is -2.42. The molecule has 0 aliphatic heterocycles. The van der Waals surface area contributed by atoms with Gasteiger partial charge in [-0.1, -0.05) is 0 Å². The number of aliphatic hydroxyl groups is 1. The summed E-state index contributed by atoms with van der Waals surface area (Å²) in [6, 6.07) is -1.85. The van der Waals surface area contributed by atoms with E-state index in [-0.39, 0.29) is 0 Å². The van der Waals surface area contributed by atoms with Crippen LogP contribution in [0.2, 0.25) is 0 Å². The van der Waals surface area contributed by atoms with E-state index in [1.807, 2.05) is 0 Å². The fourth-order valence-electron chi connectivity index (χ4n) is 0.293. The van der Waals surface area contributed by atoms with Gasteiger partial charge in [-0.3, -0.25) is 4.79 Å². The Kier molecular flexibility index (Phi) is 2.79. The molecule has 60 valence electrons. The molecule has 1 unspecified atom stereocenters. The van der Waals surface area contributed by atoms with Crippen LogP contribution in [0, 0.1) is 0 Å². The third-order valence-electron chi connectivity index (χ3n) is 0.813. The van der Waals surface area contributed by atoms with Crippen molar-refractivity contribution in [1.29, 1.82) is 0 Å². The van der Waals surface area contributed by atoms with Gasteiger partial charge in [0.05, 0.1) is 12.6 Å². The zero-order valence-electron chi connectivity index (χ0n) is 4.85. The van der Waals surface area contributed by atoms with Crippen LogP contribution < -0.4 is 5.73 Å². The second-order valence-corrected chi connectivity index (χ2v) is 1.65. The van der Waals surface area contributed by atoms with Gasteiger partial charge in [-0.05, 0) is 0 Å². The molecule has 1 atom stereocenters. The zero-order valence-corrected chi connectivity index (χ0v) is 4.85. The molecular formula is C4H6F3NO2. The van der Waals surface area contributed by atoms with Crippen LogP contribution in [-0.2, 0) is 4.79 Å². The molecule has 0 aromatic heterocycles. The summed E-state index contributed by atoms with van der Waals surface area (Å²) in [5.41, 5.74) is 4.58. The molecule has 0 aliphatic carbocycles. The van der Waals surface area contributed by atoms with Gasteiger partial charge in [0.2, 0.25) is 0 Å². The van der Waals surface area contributed by atoms with E-state index in [0.29, 0.717) is 0 Å². The summed E-state index contributed by atoms with van der Waals surface area (Å²) in [5, 5.41) is 8.02. The van der Waals surface area contributed by atoms with E-state index < -0.39 is 24.6 Å². The Morgan fingerprint density at radius 2 is 2.00 bits per heavy atom. The van der Waals surface area contributed by atoms with E-state index in [2.05, 4.69) is 5.73 Å². The van der Waals surface area contributed by atoms with Gasteiger partial charge < -0.3 is 10.8 Å². The van der Waals surface area contributed by atoms with E-state index in [4.69, 9.17) is 5.11 Å². The van der Waals surface area contributed by atoms with Crippen molar-refractivity contribution in [3.05, 3.63) is 0 Å². The molecule has 3 N–H and O–H groups in total. The molecule has 0 aromatic rings. The number of alkyl halides is 3. The van der Waals surface area contributed by atoms with Crippen LogP contribution in [0.5, 0.6) is 0 Å². The van der Waals surface area contributed by atoms with Crippen molar-refractivity contribution in [1.82, 2.24) is 0 Å². The molecule has 0 rings (SSSR count). The highest BCUT2D eigenvalue weighted by Gasteiger charge is 2.41. The van der Waals surface area contributed by atoms with Crippen molar-refractivity contribution in [3.8, 4) is 0 Å². The summed E-state index contributed by atoms with van der Waals surface area (Å²) in [4.78, 5) is 9.99. The van der Waals surface area contributed by atoms with Crippen LogP contribution in [-0.4, -0.2) is 29.7 Å². The van der Waals surface area contributed by atoms with Gasteiger partial charge in [0, 0.05) is 0 Å². The zero-order chi connectivity index (χ0) is 8.36. The lowest BCUT2D eigenvalue weighted by atomic mass is 10.2. The van der Waals surface area contributed by atoms with Crippen LogP contribution in [0.25, 0.3) is 0 Å². The average Bonchev–Trinajstić information content (AvgIpc) is 1.83. The molecule has 0 saturated heterocycles. The Balaban J connectivity index is 4.09. The predicted molar refractivity (Wildman–Crippen MR) is 26.1 cm³/mol. The maximum Gasteiger partial charge on any atom is 0.451 e. The van der Waals surface area contributed by atoms with E-state index in [1.54, 1.807) is 0 Å². The molecule has 0 saturated carbocycles. The predicted octanol–water partition coefficient (Wildman–Crippen LogP) is -0.563. The number of Topliss-reactive ketones (excluding diaryl/α,β-unsaturated/α-hetero) is 1. The van der Waals surface area contributed by atoms with Crippen LogP contribution in [0.3, 0.4) is 0 Å². The second kappa shape index (κ2) is 2.98. The van der Waals surface area contributed by atoms with Crippen LogP contribution in [0.4, 0.5) is 13.2 Å². The van der Waals surface area contributed by atoms with Crippen molar-refractivity contribution < 1.29 is 23.1 Å². The van der Waals surface area contributed by atoms with Crippen LogP contribution in [0.15, 0.2) is 0 Å². The topological polar surface area (TPSA) is 63.3 Å². The first kappa shape index (κ1) is 9.38. The fourth-order valence-corrected chi connectivity index (χ4v) is 0.293. The van der Waals surface area contributed by atoms with E-state index in [1.165, 1.54) is 0 Å². The molecule has 0 fully saturated rings. The van der Waals surface area contributed by atoms with Gasteiger partial charge in [-0.2, -0.15) is 13.2 Å². The normalized spacial score (nSPS) is 14.9. The van der Waals surface area contributed by atoms with Crippen molar-refractivity contribution >= 4 is 5.78 Å². The number of halogens is 3. The second-order valence-electron chi connectivity index (χ2n) is 1.65. The number of aliphatic hydroxyl groups excluding tert-OH is 1. The number of carbonyl (C=O) groups is 1. The SMILES string of the molecule is NC(CO)C(=O)C(F)(F)F. The van der Waals surface area contributed by atoms with E-state index >= 15 is 0 Å². The molecule has 0 aromatic carbocycles. The van der Waals surface area contributed by atoms with E-state index in [0.717, 1.165) is 0 Å². The molecule has 0 aliphatic rings. The van der Waals surface area contributed by atoms with Crippen molar-refractivity contribution in [2.75, 3.05) is 6.61 Å². The molecule has 10 heavy (non-hydrogen) atoms. The van der Waals surface area contributed by atoms with Crippen molar-refractivity contribution in [3.63, 3.8) is 0 Å². The Morgan fingerprint density at radius 1 is 1.60 bits per heavy atom. The Labute approximate surface area is 54.6 Å². The fraction of sp³-hybridized carbons (Fsp3) is 0.750. The molecule has 0 heterocycles. The lowest BCUT2D eigenvalue weighted by molar-refractivity contribution is -0.173. The summed E-state index contributed by atoms with van der Waals surface area (Å²) in [5.74, 6) is -2.10. The first-order valence-electron chi connectivity index (χ1n) is 2.37. The van der Waals surface area contributed by atoms with Gasteiger partial charge >= 0.3 is 6.18 Å². The summed E-state index contributed by atoms with van der Waals surface area (Å²) in [7, 11) is 0. The van der Waals surface area contributed by atoms with Crippen molar-refractivity contribution in [2.45, 2.75) is 12.2 Å². The van der Waals surface area contributed by atoms with Gasteiger partial charge in [-0.15, -0.1) is 0 Å².